The lowest BCUT2D eigenvalue weighted by molar-refractivity contribution is -0.134. The average molecular weight is 274 g/mol. The summed E-state index contributed by atoms with van der Waals surface area (Å²) in [5.74, 6) is 0.546. The largest absolute Gasteiger partial charge is 0.299 e. The second-order valence-electron chi connectivity index (χ2n) is 7.91. The van der Waals surface area contributed by atoms with Gasteiger partial charge in [0.1, 0.15) is 5.78 Å². The van der Waals surface area contributed by atoms with Crippen molar-refractivity contribution in [2.45, 2.75) is 60.8 Å². The minimum Gasteiger partial charge on any atom is -0.299 e. The Bertz CT molecular complexity index is 417. The molecule has 1 rings (SSSR count). The number of benzene rings is 1. The highest BCUT2D eigenvalue weighted by molar-refractivity contribution is 5.86. The molecular formula is C19H30O. The fourth-order valence-corrected chi connectivity index (χ4v) is 2.64. The standard InChI is InChI=1S/C19H30O/c1-18(2,3)16(17(20)19(4,5)6)14-10-13-15-11-8-7-9-12-15/h7-9,11-12,16H,10,13-14H2,1-6H3/t16-/m1/s1. The maximum absolute atomic E-state index is 12.7. The molecule has 0 spiro atoms. The van der Waals surface area contributed by atoms with Crippen LogP contribution < -0.4 is 0 Å². The Morgan fingerprint density at radius 2 is 1.55 bits per heavy atom. The second kappa shape index (κ2) is 6.56. The maximum Gasteiger partial charge on any atom is 0.141 e. The van der Waals surface area contributed by atoms with E-state index in [1.807, 2.05) is 26.8 Å². The van der Waals surface area contributed by atoms with Crippen molar-refractivity contribution < 1.29 is 4.79 Å². The molecule has 1 nitrogen and oxygen atoms in total. The van der Waals surface area contributed by atoms with E-state index in [1.165, 1.54) is 5.56 Å². The van der Waals surface area contributed by atoms with E-state index in [9.17, 15) is 4.79 Å². The predicted octanol–water partition coefficient (Wildman–Crippen LogP) is 5.29. The van der Waals surface area contributed by atoms with Gasteiger partial charge in [0.2, 0.25) is 0 Å². The zero-order valence-corrected chi connectivity index (χ0v) is 14.0. The van der Waals surface area contributed by atoms with Gasteiger partial charge in [-0.25, -0.2) is 0 Å². The molecule has 0 amide bonds. The van der Waals surface area contributed by atoms with Crippen molar-refractivity contribution in [3.05, 3.63) is 35.9 Å². The van der Waals surface area contributed by atoms with Gasteiger partial charge in [-0.2, -0.15) is 0 Å². The van der Waals surface area contributed by atoms with Gasteiger partial charge in [0, 0.05) is 11.3 Å². The molecule has 0 saturated heterocycles. The lowest BCUT2D eigenvalue weighted by atomic mass is 9.69. The zero-order chi connectivity index (χ0) is 15.4. The molecule has 0 bridgehead atoms. The van der Waals surface area contributed by atoms with Gasteiger partial charge in [-0.3, -0.25) is 4.79 Å². The minimum atomic E-state index is -0.245. The van der Waals surface area contributed by atoms with Crippen molar-refractivity contribution in [2.75, 3.05) is 0 Å². The monoisotopic (exact) mass is 274 g/mol. The van der Waals surface area contributed by atoms with Crippen molar-refractivity contribution >= 4 is 5.78 Å². The van der Waals surface area contributed by atoms with Crippen LogP contribution in [0.25, 0.3) is 0 Å². The normalized spacial score (nSPS) is 14.1. The van der Waals surface area contributed by atoms with Crippen molar-refractivity contribution in [3.63, 3.8) is 0 Å². The quantitative estimate of drug-likeness (QED) is 0.713. The van der Waals surface area contributed by atoms with Crippen LogP contribution in [0.2, 0.25) is 0 Å². The Kier molecular flexibility index (Phi) is 5.56. The van der Waals surface area contributed by atoms with E-state index in [2.05, 4.69) is 45.0 Å². The van der Waals surface area contributed by atoms with Gasteiger partial charge >= 0.3 is 0 Å². The summed E-state index contributed by atoms with van der Waals surface area (Å²) in [6, 6.07) is 10.5. The van der Waals surface area contributed by atoms with Gasteiger partial charge < -0.3 is 0 Å². The van der Waals surface area contributed by atoms with Crippen LogP contribution >= 0.6 is 0 Å². The molecule has 0 aromatic heterocycles. The third kappa shape index (κ3) is 5.11. The van der Waals surface area contributed by atoms with E-state index in [0.717, 1.165) is 19.3 Å². The van der Waals surface area contributed by atoms with E-state index in [4.69, 9.17) is 0 Å². The summed E-state index contributed by atoms with van der Waals surface area (Å²) in [4.78, 5) is 12.7. The Balaban J connectivity index is 2.66. The molecular weight excluding hydrogens is 244 g/mol. The number of rotatable bonds is 5. The number of hydrogen-bond donors (Lipinski definition) is 0. The zero-order valence-electron chi connectivity index (χ0n) is 14.0. The van der Waals surface area contributed by atoms with E-state index in [0.29, 0.717) is 5.78 Å². The lowest BCUT2D eigenvalue weighted by Crippen LogP contribution is -2.36. The van der Waals surface area contributed by atoms with E-state index >= 15 is 0 Å². The molecule has 0 fully saturated rings. The third-order valence-electron chi connectivity index (χ3n) is 3.90. The number of ketones is 1. The van der Waals surface area contributed by atoms with Crippen molar-refractivity contribution in [1.29, 1.82) is 0 Å². The number of hydrogen-bond acceptors (Lipinski definition) is 1. The number of Topliss-reactive ketones (excluding diaryl/α,β-unsaturated/α-hetero) is 1. The highest BCUT2D eigenvalue weighted by atomic mass is 16.1. The smallest absolute Gasteiger partial charge is 0.141 e. The van der Waals surface area contributed by atoms with Gasteiger partial charge in [0.25, 0.3) is 0 Å². The molecule has 0 aliphatic heterocycles. The van der Waals surface area contributed by atoms with Gasteiger partial charge in [0.05, 0.1) is 0 Å². The third-order valence-corrected chi connectivity index (χ3v) is 3.90. The van der Waals surface area contributed by atoms with Crippen LogP contribution in [0.5, 0.6) is 0 Å². The van der Waals surface area contributed by atoms with Crippen LogP contribution in [0.1, 0.15) is 59.9 Å². The summed E-state index contributed by atoms with van der Waals surface area (Å²) in [5.41, 5.74) is 1.16. The highest BCUT2D eigenvalue weighted by Crippen LogP contribution is 2.36. The summed E-state index contributed by atoms with van der Waals surface area (Å²) in [6.07, 6.45) is 3.12. The van der Waals surface area contributed by atoms with Crippen molar-refractivity contribution in [1.82, 2.24) is 0 Å². The van der Waals surface area contributed by atoms with Gasteiger partial charge in [-0.1, -0.05) is 71.9 Å². The molecule has 0 heterocycles. The number of aryl methyl sites for hydroxylation is 1. The first-order valence-corrected chi connectivity index (χ1v) is 7.70. The van der Waals surface area contributed by atoms with Crippen LogP contribution in [0, 0.1) is 16.7 Å². The SMILES string of the molecule is CC(C)(C)C(=O)[C@@H](CCCc1ccccc1)C(C)(C)C. The molecule has 0 radical (unpaired) electrons. The van der Waals surface area contributed by atoms with Crippen LogP contribution in [-0.2, 0) is 11.2 Å². The first-order chi connectivity index (χ1) is 9.12. The fraction of sp³-hybridized carbons (Fsp3) is 0.632. The maximum atomic E-state index is 12.7. The molecule has 0 N–H and O–H groups in total. The summed E-state index contributed by atoms with van der Waals surface area (Å²) in [6.45, 7) is 12.7. The Hall–Kier alpha value is -1.11. The van der Waals surface area contributed by atoms with Crippen LogP contribution in [0.4, 0.5) is 0 Å². The second-order valence-corrected chi connectivity index (χ2v) is 7.91. The lowest BCUT2D eigenvalue weighted by Gasteiger charge is -2.34. The molecule has 1 aromatic carbocycles. The molecule has 20 heavy (non-hydrogen) atoms. The molecule has 1 atom stereocenters. The van der Waals surface area contributed by atoms with Gasteiger partial charge in [0.15, 0.2) is 0 Å². The van der Waals surface area contributed by atoms with Gasteiger partial charge in [-0.15, -0.1) is 0 Å². The molecule has 112 valence electrons. The molecule has 0 saturated carbocycles. The van der Waals surface area contributed by atoms with Crippen LogP contribution in [0.15, 0.2) is 30.3 Å². The van der Waals surface area contributed by atoms with Crippen LogP contribution in [0.3, 0.4) is 0 Å². The van der Waals surface area contributed by atoms with E-state index in [-0.39, 0.29) is 16.7 Å². The molecule has 0 aliphatic rings. The fourth-order valence-electron chi connectivity index (χ4n) is 2.64. The average Bonchev–Trinajstić information content (AvgIpc) is 2.32. The van der Waals surface area contributed by atoms with E-state index in [1.54, 1.807) is 0 Å². The number of carbonyl (C=O) groups is 1. The summed E-state index contributed by atoms with van der Waals surface area (Å²) in [5, 5.41) is 0. The molecule has 0 unspecified atom stereocenters. The Morgan fingerprint density at radius 3 is 2.00 bits per heavy atom. The molecule has 1 heteroatoms. The first-order valence-electron chi connectivity index (χ1n) is 7.70. The summed E-state index contributed by atoms with van der Waals surface area (Å²) >= 11 is 0. The predicted molar refractivity (Wildman–Crippen MR) is 86.8 cm³/mol. The van der Waals surface area contributed by atoms with Crippen molar-refractivity contribution in [2.24, 2.45) is 16.7 Å². The van der Waals surface area contributed by atoms with Gasteiger partial charge in [-0.05, 0) is 30.2 Å². The highest BCUT2D eigenvalue weighted by Gasteiger charge is 2.36. The molecule has 0 aliphatic carbocycles. The summed E-state index contributed by atoms with van der Waals surface area (Å²) < 4.78 is 0. The Morgan fingerprint density at radius 1 is 1.00 bits per heavy atom. The minimum absolute atomic E-state index is 0.0427. The number of carbonyl (C=O) groups excluding carboxylic acids is 1. The summed E-state index contributed by atoms with van der Waals surface area (Å²) in [7, 11) is 0. The Labute approximate surface area is 124 Å². The molecule has 1 aromatic rings. The first kappa shape index (κ1) is 16.9. The van der Waals surface area contributed by atoms with Crippen molar-refractivity contribution in [3.8, 4) is 0 Å². The van der Waals surface area contributed by atoms with E-state index < -0.39 is 0 Å². The topological polar surface area (TPSA) is 17.1 Å². The van der Waals surface area contributed by atoms with Crippen LogP contribution in [-0.4, -0.2) is 5.78 Å².